The van der Waals surface area contributed by atoms with Gasteiger partial charge in [-0.1, -0.05) is 19.9 Å². The van der Waals surface area contributed by atoms with E-state index < -0.39 is 0 Å². The van der Waals surface area contributed by atoms with Gasteiger partial charge in [0.25, 0.3) is 5.69 Å². The molecule has 6 heteroatoms. The van der Waals surface area contributed by atoms with Crippen molar-refractivity contribution in [2.75, 3.05) is 16.2 Å². The van der Waals surface area contributed by atoms with Crippen LogP contribution in [0, 0.1) is 17.0 Å². The summed E-state index contributed by atoms with van der Waals surface area (Å²) in [5.41, 5.74) is 2.04. The average molecular weight is 274 g/mol. The highest BCUT2D eigenvalue weighted by molar-refractivity contribution is 8.17. The van der Waals surface area contributed by atoms with E-state index >= 15 is 0 Å². The van der Waals surface area contributed by atoms with E-state index in [1.807, 2.05) is 37.0 Å². The second kappa shape index (κ2) is 8.25. The first-order valence-corrected chi connectivity index (χ1v) is 7.60. The highest BCUT2D eigenvalue weighted by atomic mass is 32.2. The van der Waals surface area contributed by atoms with Gasteiger partial charge < -0.3 is 0 Å². The van der Waals surface area contributed by atoms with Crippen LogP contribution in [0.5, 0.6) is 0 Å². The van der Waals surface area contributed by atoms with Gasteiger partial charge in [-0.2, -0.15) is 0 Å². The van der Waals surface area contributed by atoms with Crippen LogP contribution in [0.4, 0.5) is 11.4 Å². The third kappa shape index (κ3) is 4.47. The smallest absolute Gasteiger partial charge is 0.259 e. The van der Waals surface area contributed by atoms with E-state index in [2.05, 4.69) is 0 Å². The number of nitro groups is 1. The minimum atomic E-state index is -0.373. The number of nitro benzene ring substituents is 1. The first-order chi connectivity index (χ1) is 8.10. The normalized spacial score (nSPS) is 9.24. The Morgan fingerprint density at radius 3 is 2.18 bits per heavy atom. The Morgan fingerprint density at radius 2 is 1.76 bits per heavy atom. The molecular formula is C11H18N2O2S2. The number of anilines is 1. The van der Waals surface area contributed by atoms with Gasteiger partial charge in [0.15, 0.2) is 0 Å². The van der Waals surface area contributed by atoms with Crippen LogP contribution in [0.2, 0.25) is 0 Å². The van der Waals surface area contributed by atoms with Crippen molar-refractivity contribution in [3.8, 4) is 0 Å². The first-order valence-electron chi connectivity index (χ1n) is 5.23. The number of hydrogen-bond donors (Lipinski definition) is 0. The highest BCUT2D eigenvalue weighted by Crippen LogP contribution is 2.33. The number of benzene rings is 1. The van der Waals surface area contributed by atoms with Gasteiger partial charge in [-0.15, -0.1) is 0 Å². The lowest BCUT2D eigenvalue weighted by Crippen LogP contribution is -2.04. The zero-order chi connectivity index (χ0) is 13.4. The fourth-order valence-electron chi connectivity index (χ4n) is 1.18. The van der Waals surface area contributed by atoms with Crippen LogP contribution in [-0.2, 0) is 0 Å². The van der Waals surface area contributed by atoms with Crippen LogP contribution in [0.3, 0.4) is 0 Å². The largest absolute Gasteiger partial charge is 0.271 e. The van der Waals surface area contributed by atoms with E-state index in [0.717, 1.165) is 11.3 Å². The average Bonchev–Trinajstić information content (AvgIpc) is 2.35. The molecule has 0 aliphatic carbocycles. The molecule has 0 radical (unpaired) electrons. The van der Waals surface area contributed by atoms with Gasteiger partial charge in [0.2, 0.25) is 0 Å². The molecule has 0 atom stereocenters. The monoisotopic (exact) mass is 274 g/mol. The van der Waals surface area contributed by atoms with Crippen LogP contribution >= 0.6 is 23.9 Å². The van der Waals surface area contributed by atoms with Gasteiger partial charge in [-0.3, -0.25) is 13.8 Å². The number of aryl methyl sites for hydroxylation is 1. The molecule has 0 saturated heterocycles. The summed E-state index contributed by atoms with van der Waals surface area (Å²) in [6.45, 7) is 5.94. The summed E-state index contributed by atoms with van der Waals surface area (Å²) in [6.07, 6.45) is 3.88. The van der Waals surface area contributed by atoms with Gasteiger partial charge in [0.1, 0.15) is 0 Å². The predicted molar refractivity (Wildman–Crippen MR) is 78.7 cm³/mol. The second-order valence-corrected chi connectivity index (χ2v) is 4.54. The van der Waals surface area contributed by atoms with Gasteiger partial charge >= 0.3 is 0 Å². The molecule has 0 saturated carbocycles. The van der Waals surface area contributed by atoms with Gasteiger partial charge in [0, 0.05) is 24.6 Å². The second-order valence-electron chi connectivity index (χ2n) is 2.85. The lowest BCUT2D eigenvalue weighted by atomic mass is 10.2. The SMILES string of the molecule is CC.CSN(SC)c1cc([N+](=O)[O-])ccc1C. The molecule has 0 fully saturated rings. The van der Waals surface area contributed by atoms with Gasteiger partial charge in [-0.25, -0.2) is 0 Å². The molecular weight excluding hydrogens is 256 g/mol. The summed E-state index contributed by atoms with van der Waals surface area (Å²) in [7, 11) is 0. The Hall–Kier alpha value is -0.880. The Labute approximate surface area is 111 Å². The molecule has 17 heavy (non-hydrogen) atoms. The van der Waals surface area contributed by atoms with Gasteiger partial charge in [0.05, 0.1) is 10.6 Å². The first kappa shape index (κ1) is 16.1. The van der Waals surface area contributed by atoms with Gasteiger partial charge in [-0.05, 0) is 36.4 Å². The minimum absolute atomic E-state index is 0.128. The summed E-state index contributed by atoms with van der Waals surface area (Å²) < 4.78 is 1.95. The van der Waals surface area contributed by atoms with Crippen LogP contribution in [0.1, 0.15) is 19.4 Å². The summed E-state index contributed by atoms with van der Waals surface area (Å²) in [6, 6.07) is 4.90. The minimum Gasteiger partial charge on any atom is -0.259 e. The molecule has 96 valence electrons. The number of nitrogens with zero attached hydrogens (tertiary/aromatic N) is 2. The summed E-state index contributed by atoms with van der Waals surface area (Å²) in [5.74, 6) is 0. The lowest BCUT2D eigenvalue weighted by molar-refractivity contribution is -0.384. The van der Waals surface area contributed by atoms with E-state index in [1.165, 1.54) is 30.0 Å². The molecule has 0 unspecified atom stereocenters. The summed E-state index contributed by atoms with van der Waals surface area (Å²) in [5, 5.41) is 10.6. The van der Waals surface area contributed by atoms with E-state index in [9.17, 15) is 10.1 Å². The Morgan fingerprint density at radius 1 is 1.24 bits per heavy atom. The third-order valence-corrected chi connectivity index (χ3v) is 3.88. The van der Waals surface area contributed by atoms with Crippen LogP contribution in [0.15, 0.2) is 18.2 Å². The van der Waals surface area contributed by atoms with E-state index in [4.69, 9.17) is 0 Å². The van der Waals surface area contributed by atoms with Crippen molar-refractivity contribution < 1.29 is 4.92 Å². The number of non-ortho nitro benzene ring substituents is 1. The molecule has 1 rings (SSSR count). The number of rotatable bonds is 4. The molecule has 1 aromatic carbocycles. The number of hydrogen-bond acceptors (Lipinski definition) is 5. The van der Waals surface area contributed by atoms with Crippen molar-refractivity contribution in [3.05, 3.63) is 33.9 Å². The summed E-state index contributed by atoms with van der Waals surface area (Å²) >= 11 is 3.06. The van der Waals surface area contributed by atoms with E-state index in [1.54, 1.807) is 12.1 Å². The maximum absolute atomic E-state index is 10.6. The van der Waals surface area contributed by atoms with Crippen molar-refractivity contribution >= 4 is 35.3 Å². The Bertz CT molecular complexity index is 368. The maximum atomic E-state index is 10.6. The van der Waals surface area contributed by atoms with Crippen molar-refractivity contribution in [2.24, 2.45) is 0 Å². The Balaban J connectivity index is 0.00000121. The zero-order valence-electron chi connectivity index (χ0n) is 10.8. The fraction of sp³-hybridized carbons (Fsp3) is 0.455. The summed E-state index contributed by atoms with van der Waals surface area (Å²) in [4.78, 5) is 10.3. The molecule has 1 aromatic rings. The maximum Gasteiger partial charge on any atom is 0.271 e. The quantitative estimate of drug-likeness (QED) is 0.465. The van der Waals surface area contributed by atoms with Crippen LogP contribution in [0.25, 0.3) is 0 Å². The highest BCUT2D eigenvalue weighted by Gasteiger charge is 2.13. The molecule has 0 aliphatic rings. The van der Waals surface area contributed by atoms with E-state index in [0.29, 0.717) is 0 Å². The lowest BCUT2D eigenvalue weighted by Gasteiger charge is -2.19. The molecule has 0 amide bonds. The molecule has 0 heterocycles. The predicted octanol–water partition coefficient (Wildman–Crippen LogP) is 4.29. The van der Waals surface area contributed by atoms with Crippen LogP contribution < -0.4 is 3.71 Å². The van der Waals surface area contributed by atoms with Crippen molar-refractivity contribution in [1.82, 2.24) is 0 Å². The molecule has 0 aliphatic heterocycles. The molecule has 0 N–H and O–H groups in total. The van der Waals surface area contributed by atoms with Crippen molar-refractivity contribution in [2.45, 2.75) is 20.8 Å². The van der Waals surface area contributed by atoms with Crippen LogP contribution in [-0.4, -0.2) is 17.4 Å². The van der Waals surface area contributed by atoms with Crippen molar-refractivity contribution in [3.63, 3.8) is 0 Å². The van der Waals surface area contributed by atoms with Crippen molar-refractivity contribution in [1.29, 1.82) is 0 Å². The fourth-order valence-corrected chi connectivity index (χ4v) is 2.56. The molecule has 0 bridgehead atoms. The zero-order valence-corrected chi connectivity index (χ0v) is 12.4. The molecule has 0 spiro atoms. The topological polar surface area (TPSA) is 46.4 Å². The van der Waals surface area contributed by atoms with E-state index in [-0.39, 0.29) is 10.6 Å². The third-order valence-electron chi connectivity index (χ3n) is 1.93. The molecule has 4 nitrogen and oxygen atoms in total. The Kier molecular flexibility index (Phi) is 7.82. The molecule has 0 aromatic heterocycles. The standard InChI is InChI=1S/C9H12N2O2S2.C2H6/c1-7-4-5-8(10(12)13)6-9(7)11(14-2)15-3;1-2/h4-6H,1-3H3;1-2H3.